The van der Waals surface area contributed by atoms with E-state index in [1.807, 2.05) is 32.0 Å². The first-order chi connectivity index (χ1) is 12.9. The van der Waals surface area contributed by atoms with E-state index in [-0.39, 0.29) is 18.0 Å². The van der Waals surface area contributed by atoms with E-state index in [1.165, 1.54) is 21.3 Å². The SMILES string of the molecule is Cc1ccc(NC(=O)Cn2cnc3sc4c(c3c2=O)CC[C@@H](C)C4)cc1C. The third-order valence-electron chi connectivity index (χ3n) is 5.39. The maximum absolute atomic E-state index is 13.0. The molecule has 0 aliphatic heterocycles. The van der Waals surface area contributed by atoms with Crippen LogP contribution in [0.4, 0.5) is 5.69 Å². The topological polar surface area (TPSA) is 64.0 Å². The van der Waals surface area contributed by atoms with Crippen molar-refractivity contribution >= 4 is 33.1 Å². The van der Waals surface area contributed by atoms with E-state index in [4.69, 9.17) is 0 Å². The number of carbonyl (C=O) groups is 1. The Morgan fingerprint density at radius 1 is 1.33 bits per heavy atom. The van der Waals surface area contributed by atoms with Gasteiger partial charge in [0.05, 0.1) is 11.7 Å². The lowest BCUT2D eigenvalue weighted by molar-refractivity contribution is -0.116. The average Bonchev–Trinajstić information content (AvgIpc) is 2.98. The van der Waals surface area contributed by atoms with Crippen molar-refractivity contribution in [2.75, 3.05) is 5.32 Å². The summed E-state index contributed by atoms with van der Waals surface area (Å²) in [5.74, 6) is 0.427. The molecule has 1 aliphatic carbocycles. The minimum Gasteiger partial charge on any atom is -0.325 e. The Balaban J connectivity index is 1.60. The summed E-state index contributed by atoms with van der Waals surface area (Å²) in [4.78, 5) is 32.0. The molecule has 140 valence electrons. The van der Waals surface area contributed by atoms with Crippen LogP contribution in [0.1, 0.15) is 34.9 Å². The molecular formula is C21H23N3O2S. The molecule has 2 aromatic heterocycles. The summed E-state index contributed by atoms with van der Waals surface area (Å²) < 4.78 is 1.42. The second-order valence-electron chi connectivity index (χ2n) is 7.56. The second kappa shape index (κ2) is 6.93. The van der Waals surface area contributed by atoms with Crippen LogP contribution < -0.4 is 10.9 Å². The summed E-state index contributed by atoms with van der Waals surface area (Å²) in [6.45, 7) is 6.25. The number of nitrogens with zero attached hydrogens (tertiary/aromatic N) is 2. The third kappa shape index (κ3) is 3.41. The lowest BCUT2D eigenvalue weighted by Gasteiger charge is -2.17. The van der Waals surface area contributed by atoms with E-state index >= 15 is 0 Å². The molecule has 0 saturated carbocycles. The molecule has 1 aromatic carbocycles. The predicted octanol–water partition coefficient (Wildman–Crippen LogP) is 3.84. The van der Waals surface area contributed by atoms with Gasteiger partial charge in [-0.25, -0.2) is 4.98 Å². The molecule has 27 heavy (non-hydrogen) atoms. The minimum absolute atomic E-state index is 0.0320. The van der Waals surface area contributed by atoms with Gasteiger partial charge in [-0.2, -0.15) is 0 Å². The highest BCUT2D eigenvalue weighted by Gasteiger charge is 2.23. The summed E-state index contributed by atoms with van der Waals surface area (Å²) in [7, 11) is 0. The van der Waals surface area contributed by atoms with Gasteiger partial charge in [-0.15, -0.1) is 11.3 Å². The predicted molar refractivity (Wildman–Crippen MR) is 110 cm³/mol. The Kier molecular flexibility index (Phi) is 4.60. The molecular weight excluding hydrogens is 358 g/mol. The molecule has 1 aliphatic rings. The highest BCUT2D eigenvalue weighted by Crippen LogP contribution is 2.35. The van der Waals surface area contributed by atoms with E-state index in [0.717, 1.165) is 40.9 Å². The number of hydrogen-bond acceptors (Lipinski definition) is 4. The van der Waals surface area contributed by atoms with Gasteiger partial charge < -0.3 is 5.32 Å². The number of aryl methyl sites for hydroxylation is 3. The zero-order chi connectivity index (χ0) is 19.1. The van der Waals surface area contributed by atoms with E-state index in [2.05, 4.69) is 17.2 Å². The number of thiophene rings is 1. The van der Waals surface area contributed by atoms with Crippen LogP contribution in [0.25, 0.3) is 10.2 Å². The highest BCUT2D eigenvalue weighted by molar-refractivity contribution is 7.18. The van der Waals surface area contributed by atoms with Gasteiger partial charge in [-0.1, -0.05) is 13.0 Å². The number of aromatic nitrogens is 2. The summed E-state index contributed by atoms with van der Waals surface area (Å²) in [6.07, 6.45) is 4.53. The number of fused-ring (bicyclic) bond motifs is 3. The third-order valence-corrected chi connectivity index (χ3v) is 6.55. The van der Waals surface area contributed by atoms with Crippen molar-refractivity contribution in [3.05, 3.63) is 56.4 Å². The van der Waals surface area contributed by atoms with E-state index in [9.17, 15) is 9.59 Å². The zero-order valence-corrected chi connectivity index (χ0v) is 16.7. The van der Waals surface area contributed by atoms with Crippen molar-refractivity contribution < 1.29 is 4.79 Å². The van der Waals surface area contributed by atoms with Gasteiger partial charge >= 0.3 is 0 Å². The molecule has 0 bridgehead atoms. The lowest BCUT2D eigenvalue weighted by atomic mass is 9.89. The second-order valence-corrected chi connectivity index (χ2v) is 8.64. The summed E-state index contributed by atoms with van der Waals surface area (Å²) in [5.41, 5.74) is 4.08. The quantitative estimate of drug-likeness (QED) is 0.750. The molecule has 1 atom stereocenters. The van der Waals surface area contributed by atoms with Crippen molar-refractivity contribution in [1.29, 1.82) is 0 Å². The standard InChI is InChI=1S/C21H23N3O2S/c1-12-4-7-16-17(8-12)27-20-19(16)21(26)24(11-22-20)10-18(25)23-15-6-5-13(2)14(3)9-15/h5-6,9,11-12H,4,7-8,10H2,1-3H3,(H,23,25)/t12-/m1/s1. The summed E-state index contributed by atoms with van der Waals surface area (Å²) in [5, 5.41) is 3.58. The van der Waals surface area contributed by atoms with Crippen LogP contribution in [0.3, 0.4) is 0 Å². The van der Waals surface area contributed by atoms with Gasteiger partial charge in [0.25, 0.3) is 5.56 Å². The first-order valence-electron chi connectivity index (χ1n) is 9.29. The Labute approximate surface area is 162 Å². The molecule has 4 rings (SSSR count). The fraction of sp³-hybridized carbons (Fsp3) is 0.381. The highest BCUT2D eigenvalue weighted by atomic mass is 32.1. The maximum atomic E-state index is 13.0. The van der Waals surface area contributed by atoms with Crippen molar-refractivity contribution in [2.45, 2.75) is 46.6 Å². The Hall–Kier alpha value is -2.47. The summed E-state index contributed by atoms with van der Waals surface area (Å²) in [6, 6.07) is 5.79. The number of carbonyl (C=O) groups excluding carboxylic acids is 1. The number of amides is 1. The normalized spacial score (nSPS) is 16.3. The molecule has 6 heteroatoms. The number of rotatable bonds is 3. The Bertz CT molecular complexity index is 1100. The van der Waals surface area contributed by atoms with E-state index in [0.29, 0.717) is 11.3 Å². The van der Waals surface area contributed by atoms with Crippen LogP contribution in [0.15, 0.2) is 29.3 Å². The van der Waals surface area contributed by atoms with Crippen LogP contribution in [0, 0.1) is 19.8 Å². The molecule has 0 spiro atoms. The zero-order valence-electron chi connectivity index (χ0n) is 15.8. The largest absolute Gasteiger partial charge is 0.325 e. The number of hydrogen-bond donors (Lipinski definition) is 1. The average molecular weight is 382 g/mol. The molecule has 1 amide bonds. The monoisotopic (exact) mass is 381 g/mol. The maximum Gasteiger partial charge on any atom is 0.262 e. The smallest absolute Gasteiger partial charge is 0.262 e. The van der Waals surface area contributed by atoms with Crippen LogP contribution in [0.2, 0.25) is 0 Å². The fourth-order valence-corrected chi connectivity index (χ4v) is 4.99. The number of anilines is 1. The van der Waals surface area contributed by atoms with Crippen molar-refractivity contribution in [1.82, 2.24) is 9.55 Å². The molecule has 0 unspecified atom stereocenters. The Morgan fingerprint density at radius 2 is 2.15 bits per heavy atom. The van der Waals surface area contributed by atoms with Crippen LogP contribution in [-0.2, 0) is 24.2 Å². The van der Waals surface area contributed by atoms with E-state index < -0.39 is 0 Å². The molecule has 5 nitrogen and oxygen atoms in total. The van der Waals surface area contributed by atoms with Gasteiger partial charge in [0.1, 0.15) is 11.4 Å². The first-order valence-corrected chi connectivity index (χ1v) is 10.1. The number of benzene rings is 1. The van der Waals surface area contributed by atoms with Gasteiger partial charge in [0.2, 0.25) is 5.91 Å². The summed E-state index contributed by atoms with van der Waals surface area (Å²) >= 11 is 1.63. The van der Waals surface area contributed by atoms with Crippen molar-refractivity contribution in [3.63, 3.8) is 0 Å². The molecule has 3 aromatic rings. The van der Waals surface area contributed by atoms with Gasteiger partial charge in [0.15, 0.2) is 0 Å². The molecule has 0 fully saturated rings. The van der Waals surface area contributed by atoms with Crippen molar-refractivity contribution in [3.8, 4) is 0 Å². The molecule has 0 saturated heterocycles. The molecule has 2 heterocycles. The number of nitrogens with one attached hydrogen (secondary N) is 1. The van der Waals surface area contributed by atoms with Crippen LogP contribution in [-0.4, -0.2) is 15.5 Å². The van der Waals surface area contributed by atoms with Crippen LogP contribution >= 0.6 is 11.3 Å². The first kappa shape index (κ1) is 17.9. The van der Waals surface area contributed by atoms with Gasteiger partial charge in [-0.05, 0) is 67.9 Å². The van der Waals surface area contributed by atoms with Gasteiger partial charge in [0, 0.05) is 10.6 Å². The Morgan fingerprint density at radius 3 is 2.93 bits per heavy atom. The minimum atomic E-state index is -0.223. The molecule has 1 N–H and O–H groups in total. The lowest BCUT2D eigenvalue weighted by Crippen LogP contribution is -2.28. The van der Waals surface area contributed by atoms with E-state index in [1.54, 1.807) is 11.3 Å². The van der Waals surface area contributed by atoms with Gasteiger partial charge in [-0.3, -0.25) is 14.2 Å². The molecule has 0 radical (unpaired) electrons. The van der Waals surface area contributed by atoms with Crippen LogP contribution in [0.5, 0.6) is 0 Å². The van der Waals surface area contributed by atoms with Crippen molar-refractivity contribution in [2.24, 2.45) is 5.92 Å². The fourth-order valence-electron chi connectivity index (χ4n) is 3.65.